The van der Waals surface area contributed by atoms with Gasteiger partial charge in [0.15, 0.2) is 12.1 Å². The lowest BCUT2D eigenvalue weighted by atomic mass is 9.82. The predicted molar refractivity (Wildman–Crippen MR) is 248 cm³/mol. The number of hydrogen-bond acceptors (Lipinski definition) is 18. The van der Waals surface area contributed by atoms with Crippen molar-refractivity contribution in [3.8, 4) is 0 Å². The maximum absolute atomic E-state index is 12.7. The highest BCUT2D eigenvalue weighted by molar-refractivity contribution is 5.71. The third kappa shape index (κ3) is 19.4. The first-order valence-electron chi connectivity index (χ1n) is 23.4. The summed E-state index contributed by atoms with van der Waals surface area (Å²) >= 11 is 0. The van der Waals surface area contributed by atoms with E-state index in [1.54, 1.807) is 74.6 Å². The number of carboxylic acid groups (broad SMARTS) is 1. The first-order chi connectivity index (χ1) is 32.2. The van der Waals surface area contributed by atoms with Crippen LogP contribution in [0.1, 0.15) is 79.1 Å². The zero-order valence-electron chi connectivity index (χ0n) is 39.4. The fraction of sp³-hybridized carbons (Fsp3) is 0.673. The second-order valence-electron chi connectivity index (χ2n) is 18.1. The summed E-state index contributed by atoms with van der Waals surface area (Å²) < 4.78 is 29.6. The molecule has 3 heterocycles. The van der Waals surface area contributed by atoms with Gasteiger partial charge in [0, 0.05) is 37.5 Å². The Morgan fingerprint density at radius 1 is 0.691 bits per heavy atom. The van der Waals surface area contributed by atoms with E-state index in [4.69, 9.17) is 29.4 Å². The summed E-state index contributed by atoms with van der Waals surface area (Å²) in [4.78, 5) is 25.3. The molecule has 3 aliphatic rings. The fourth-order valence-corrected chi connectivity index (χ4v) is 8.33. The highest BCUT2D eigenvalue weighted by atomic mass is 16.7. The lowest BCUT2D eigenvalue weighted by Crippen LogP contribution is -2.61. The van der Waals surface area contributed by atoms with Crippen LogP contribution < -0.4 is 5.73 Å². The van der Waals surface area contributed by atoms with E-state index in [1.165, 1.54) is 13.0 Å². The molecule has 19 heteroatoms. The second-order valence-corrected chi connectivity index (χ2v) is 18.1. The van der Waals surface area contributed by atoms with Crippen LogP contribution in [0.3, 0.4) is 0 Å². The number of carbonyl (C=O) groups is 2. The fourth-order valence-electron chi connectivity index (χ4n) is 8.33. The van der Waals surface area contributed by atoms with Gasteiger partial charge >= 0.3 is 11.9 Å². The van der Waals surface area contributed by atoms with Crippen molar-refractivity contribution in [2.24, 2.45) is 23.5 Å². The quantitative estimate of drug-likeness (QED) is 0.163. The Balaban J connectivity index is 1.93. The minimum atomic E-state index is -1.93. The molecule has 0 unspecified atom stereocenters. The van der Waals surface area contributed by atoms with E-state index in [9.17, 15) is 65.8 Å². The maximum atomic E-state index is 12.7. The number of cyclic esters (lactones) is 1. The molecule has 68 heavy (non-hydrogen) atoms. The van der Waals surface area contributed by atoms with Crippen LogP contribution >= 0.6 is 0 Å². The molecule has 19 nitrogen and oxygen atoms in total. The first kappa shape index (κ1) is 58.8. The molecule has 0 radical (unpaired) electrons. The molecule has 2 saturated heterocycles. The van der Waals surface area contributed by atoms with Crippen LogP contribution in [0.2, 0.25) is 0 Å². The predicted octanol–water partition coefficient (Wildman–Crippen LogP) is 0.728. The van der Waals surface area contributed by atoms with Gasteiger partial charge in [0.05, 0.1) is 92.8 Å². The first-order valence-corrected chi connectivity index (χ1v) is 23.4. The van der Waals surface area contributed by atoms with Crippen LogP contribution in [0.25, 0.3) is 0 Å². The average molecular weight is 968 g/mol. The highest BCUT2D eigenvalue weighted by Gasteiger charge is 2.52. The third-order valence-corrected chi connectivity index (χ3v) is 12.5. The Morgan fingerprint density at radius 3 is 1.87 bits per heavy atom. The minimum absolute atomic E-state index is 0.108. The smallest absolute Gasteiger partial charge is 0.311 e. The Kier molecular flexibility index (Phi) is 25.6. The number of carboxylic acids is 1. The molecule has 0 aliphatic carbocycles. The zero-order chi connectivity index (χ0) is 50.6. The number of ether oxygens (including phenoxy) is 5. The second kappa shape index (κ2) is 29.6. The van der Waals surface area contributed by atoms with Crippen LogP contribution in [-0.4, -0.2) is 179 Å². The number of carbonyl (C=O) groups excluding carboxylic acids is 1. The van der Waals surface area contributed by atoms with Crippen LogP contribution in [0, 0.1) is 17.8 Å². The molecule has 19 atom stereocenters. The van der Waals surface area contributed by atoms with Crippen LogP contribution in [0.15, 0.2) is 85.1 Å². The summed E-state index contributed by atoms with van der Waals surface area (Å²) in [6.45, 7) is 5.86. The lowest BCUT2D eigenvalue weighted by molar-refractivity contribution is -0.325. The van der Waals surface area contributed by atoms with Crippen molar-refractivity contribution in [3.63, 3.8) is 0 Å². The summed E-state index contributed by atoms with van der Waals surface area (Å²) in [5, 5.41) is 118. The standard InChI is InChI=1S/C49H77NO18/c1-29-17-15-13-11-9-7-5-6-8-10-12-14-16-18-36(67-48-46(61)43(50)45(60)32(4)66-48)26-40-42(47(62)63)39(57)28-49(68-40,64-22-21-51)27-35(54)24-38(56)37(55)20-19-33(52)23-34(53)25-41(58)65-31(3)30(2)44(29)59/h5-18,29-40,42-46,48,51-57,59-61H,19-28,50H2,1-4H3,(H,62,63)/t29-,30-,31-,32+,33+,34+,35-,36-,37+,38+,39-,40-,42+,43-,44+,45+,46-,48-,49+/m0/s1. The Hall–Kier alpha value is -3.48. The molecule has 2 bridgehead atoms. The molecule has 386 valence electrons. The zero-order valence-corrected chi connectivity index (χ0v) is 39.4. The number of fused-ring (bicyclic) bond motifs is 2. The van der Waals surface area contributed by atoms with E-state index in [2.05, 4.69) is 0 Å². The molecule has 0 amide bonds. The largest absolute Gasteiger partial charge is 0.481 e. The van der Waals surface area contributed by atoms with Gasteiger partial charge in [-0.3, -0.25) is 9.59 Å². The summed E-state index contributed by atoms with van der Waals surface area (Å²) in [6.07, 6.45) is 4.04. The molecule has 0 saturated carbocycles. The number of allylic oxidation sites excluding steroid dienone is 12. The van der Waals surface area contributed by atoms with Gasteiger partial charge in [-0.1, -0.05) is 98.9 Å². The Bertz CT molecular complexity index is 1720. The van der Waals surface area contributed by atoms with Crippen LogP contribution in [-0.2, 0) is 33.3 Å². The number of nitrogens with two attached hydrogens (primary N) is 1. The molecular weight excluding hydrogens is 891 g/mol. The van der Waals surface area contributed by atoms with Gasteiger partial charge in [-0.05, 0) is 33.1 Å². The summed E-state index contributed by atoms with van der Waals surface area (Å²) in [7, 11) is 0. The molecule has 0 aromatic heterocycles. The molecule has 3 rings (SSSR count). The third-order valence-electron chi connectivity index (χ3n) is 12.5. The molecular formula is C49H77NO18. The van der Waals surface area contributed by atoms with Crippen molar-refractivity contribution in [2.45, 2.75) is 177 Å². The molecule has 2 fully saturated rings. The molecule has 0 aromatic carbocycles. The van der Waals surface area contributed by atoms with Crippen molar-refractivity contribution in [1.82, 2.24) is 0 Å². The van der Waals surface area contributed by atoms with E-state index < -0.39 is 154 Å². The minimum Gasteiger partial charge on any atom is -0.481 e. The van der Waals surface area contributed by atoms with Gasteiger partial charge in [-0.15, -0.1) is 0 Å². The highest BCUT2D eigenvalue weighted by Crippen LogP contribution is 2.40. The van der Waals surface area contributed by atoms with E-state index in [0.29, 0.717) is 0 Å². The monoisotopic (exact) mass is 968 g/mol. The normalized spacial score (nSPS) is 40.7. The van der Waals surface area contributed by atoms with Gasteiger partial charge in [-0.2, -0.15) is 0 Å². The number of aliphatic carboxylic acids is 1. The SMILES string of the molecule is C[C@@H]1[C@H](O)[C@@H](C)C=CC=CC=CC=CC=CC=CC=C[C@H](O[C@@H]2O[C@H](C)[C@@H](O)[C@H](N)[C@@H]2O)C[C@@H]2O[C@](OCCO)(C[C@@H](O)C[C@@H](O)[C@H](O)CC[C@@H](O)C[C@@H](O)CC(=O)O[C@H]1C)C[C@H](O)[C@H]2C(=O)O. The van der Waals surface area contributed by atoms with Gasteiger partial charge in [0.25, 0.3) is 0 Å². The average Bonchev–Trinajstić information content (AvgIpc) is 3.26. The molecule has 0 aromatic rings. The van der Waals surface area contributed by atoms with Crippen molar-refractivity contribution in [2.75, 3.05) is 13.2 Å². The number of aliphatic hydroxyl groups excluding tert-OH is 10. The van der Waals surface area contributed by atoms with Crippen molar-refractivity contribution in [1.29, 1.82) is 0 Å². The number of hydrogen-bond donors (Lipinski definition) is 12. The molecule has 0 spiro atoms. The van der Waals surface area contributed by atoms with Crippen molar-refractivity contribution < 1.29 is 89.4 Å². The summed E-state index contributed by atoms with van der Waals surface area (Å²) in [5.74, 6) is -6.40. The van der Waals surface area contributed by atoms with Crippen molar-refractivity contribution >= 4 is 11.9 Å². The lowest BCUT2D eigenvalue weighted by Gasteiger charge is -2.47. The maximum Gasteiger partial charge on any atom is 0.311 e. The Labute approximate surface area is 398 Å². The van der Waals surface area contributed by atoms with Crippen LogP contribution in [0.5, 0.6) is 0 Å². The Morgan fingerprint density at radius 2 is 1.28 bits per heavy atom. The van der Waals surface area contributed by atoms with Gasteiger partial charge < -0.3 is 85.6 Å². The topological polar surface area (TPSA) is 329 Å². The van der Waals surface area contributed by atoms with Gasteiger partial charge in [0.2, 0.25) is 0 Å². The number of esters is 1. The number of aliphatic hydroxyl groups is 10. The van der Waals surface area contributed by atoms with Crippen molar-refractivity contribution in [3.05, 3.63) is 85.1 Å². The summed E-state index contributed by atoms with van der Waals surface area (Å²) in [6, 6.07) is -1.15. The van der Waals surface area contributed by atoms with Gasteiger partial charge in [-0.25, -0.2) is 0 Å². The van der Waals surface area contributed by atoms with Crippen LogP contribution in [0.4, 0.5) is 0 Å². The number of rotatable bonds is 6. The molecule has 13 N–H and O–H groups in total. The van der Waals surface area contributed by atoms with E-state index >= 15 is 0 Å². The van der Waals surface area contributed by atoms with Gasteiger partial charge in [0.1, 0.15) is 18.1 Å². The van der Waals surface area contributed by atoms with E-state index in [0.717, 1.165) is 0 Å². The van der Waals surface area contributed by atoms with E-state index in [1.807, 2.05) is 25.2 Å². The summed E-state index contributed by atoms with van der Waals surface area (Å²) in [5.41, 5.74) is 6.06. The molecule has 3 aliphatic heterocycles. The van der Waals surface area contributed by atoms with E-state index in [-0.39, 0.29) is 38.2 Å².